The van der Waals surface area contributed by atoms with Crippen molar-refractivity contribution in [1.29, 1.82) is 0 Å². The van der Waals surface area contributed by atoms with Gasteiger partial charge in [-0.3, -0.25) is 9.59 Å². The van der Waals surface area contributed by atoms with Crippen LogP contribution < -0.4 is 0 Å². The van der Waals surface area contributed by atoms with E-state index in [0.717, 1.165) is 0 Å². The van der Waals surface area contributed by atoms with Crippen LogP contribution in [0.2, 0.25) is 0 Å². The molecule has 4 unspecified atom stereocenters. The number of carbonyl (C=O) groups excluding carboxylic acids is 1. The van der Waals surface area contributed by atoms with Gasteiger partial charge in [-0.15, -0.1) is 0 Å². The number of aliphatic carboxylic acids is 1. The van der Waals surface area contributed by atoms with Gasteiger partial charge >= 0.3 is 11.9 Å². The Balaban J connectivity index is 1.81. The molecule has 0 radical (unpaired) electrons. The molecule has 3 rings (SSSR count). The topological polar surface area (TPSA) is 273 Å². The molecular formula is C47H72O16. The van der Waals surface area contributed by atoms with Crippen molar-refractivity contribution >= 4 is 11.9 Å². The number of hydrogen-bond acceptors (Lipinski definition) is 15. The standard InChI is InChI=1S/C47H72O16/c1-29-18-15-13-11-9-7-5-6-8-10-12-14-16-19-35(62-46-39(53)27-38(52)32(4)61-46)26-41-43(45(57)58)40(54)28-47(59,63-41)23-17-20-36(50)37(51)22-21-33(48)24-34(49)25-42(55)60-31(3)30(2)44(29)56/h5-16,18-19,29-41,43-44,46,48-54,56,59H,17,20-28H2,1-4H3,(H,57,58)/b6-5+,9-7+,10-8+,13-11+,14-12+,18-15+,19-16+/t29-,30-,31-,32?,33+,34+,35-,36+,37+,38?,39?,40-,41-,43+,44+,46?,47+/m0/s1. The summed E-state index contributed by atoms with van der Waals surface area (Å²) in [5.74, 6) is -6.24. The van der Waals surface area contributed by atoms with Crippen LogP contribution in [-0.2, 0) is 28.5 Å². The van der Waals surface area contributed by atoms with Crippen molar-refractivity contribution in [3.8, 4) is 0 Å². The third kappa shape index (κ3) is 18.9. The van der Waals surface area contributed by atoms with Crippen molar-refractivity contribution in [1.82, 2.24) is 0 Å². The van der Waals surface area contributed by atoms with Crippen LogP contribution in [0.4, 0.5) is 0 Å². The van der Waals surface area contributed by atoms with Gasteiger partial charge in [-0.1, -0.05) is 98.9 Å². The van der Waals surface area contributed by atoms with Crippen LogP contribution in [0.5, 0.6) is 0 Å². The Morgan fingerprint density at radius 3 is 1.84 bits per heavy atom. The number of aliphatic hydroxyl groups is 9. The highest BCUT2D eigenvalue weighted by atomic mass is 16.7. The lowest BCUT2D eigenvalue weighted by Gasteiger charge is -2.44. The van der Waals surface area contributed by atoms with E-state index >= 15 is 0 Å². The summed E-state index contributed by atoms with van der Waals surface area (Å²) in [7, 11) is 0. The molecule has 3 aliphatic heterocycles. The number of carboxylic acids is 1. The number of cyclic esters (lactones) is 1. The first kappa shape index (κ1) is 54.0. The summed E-state index contributed by atoms with van der Waals surface area (Å²) >= 11 is 0. The minimum atomic E-state index is -2.02. The SMILES string of the molecule is CC1OC(O[C@H]2/C=C/C=C/C=C/C=C/C=C/C=C/C=C/[C@H](C)[C@@H](O)[C@@H](C)[C@H](C)OC(=O)C[C@H](O)C[C@H](O)CC[C@@H](O)[C@H](O)CCC[C@]3(O)C[C@H](O)[C@@H](C(=O)O)[C@H](C2)O3)C(O)CC1O. The number of ether oxygens (including phenoxy) is 4. The van der Waals surface area contributed by atoms with Crippen molar-refractivity contribution in [3.05, 3.63) is 85.1 Å². The molecule has 63 heavy (non-hydrogen) atoms. The average Bonchev–Trinajstić information content (AvgIpc) is 3.20. The van der Waals surface area contributed by atoms with E-state index in [0.29, 0.717) is 0 Å². The zero-order valence-corrected chi connectivity index (χ0v) is 36.8. The number of carbonyl (C=O) groups is 2. The zero-order chi connectivity index (χ0) is 46.7. The molecule has 16 nitrogen and oxygen atoms in total. The summed E-state index contributed by atoms with van der Waals surface area (Å²) in [5.41, 5.74) is 0. The van der Waals surface area contributed by atoms with Crippen molar-refractivity contribution in [2.75, 3.05) is 0 Å². The lowest BCUT2D eigenvalue weighted by molar-refractivity contribution is -0.303. The van der Waals surface area contributed by atoms with Gasteiger partial charge in [0, 0.05) is 37.5 Å². The first-order valence-electron chi connectivity index (χ1n) is 22.1. The maximum Gasteiger partial charge on any atom is 0.311 e. The first-order valence-corrected chi connectivity index (χ1v) is 22.1. The maximum atomic E-state index is 12.6. The second-order valence-corrected chi connectivity index (χ2v) is 17.2. The van der Waals surface area contributed by atoms with E-state index in [-0.39, 0.29) is 57.3 Å². The van der Waals surface area contributed by atoms with Gasteiger partial charge in [-0.2, -0.15) is 0 Å². The third-order valence-electron chi connectivity index (χ3n) is 11.8. The number of fused-ring (bicyclic) bond motifs is 2. The number of rotatable bonds is 3. The highest BCUT2D eigenvalue weighted by Crippen LogP contribution is 2.38. The normalized spacial score (nSPS) is 44.2. The Morgan fingerprint density at radius 1 is 0.667 bits per heavy atom. The lowest BCUT2D eigenvalue weighted by Crippen LogP contribution is -2.55. The highest BCUT2D eigenvalue weighted by molar-refractivity contribution is 5.71. The monoisotopic (exact) mass is 892 g/mol. The predicted molar refractivity (Wildman–Crippen MR) is 232 cm³/mol. The van der Waals surface area contributed by atoms with E-state index in [4.69, 9.17) is 18.9 Å². The Bertz CT molecular complexity index is 1590. The van der Waals surface area contributed by atoms with Gasteiger partial charge in [0.25, 0.3) is 0 Å². The van der Waals surface area contributed by atoms with Crippen LogP contribution in [0, 0.1) is 17.8 Å². The molecule has 16 heteroatoms. The van der Waals surface area contributed by atoms with E-state index < -0.39 is 122 Å². The van der Waals surface area contributed by atoms with Gasteiger partial charge in [-0.05, 0) is 46.0 Å². The maximum absolute atomic E-state index is 12.6. The lowest BCUT2D eigenvalue weighted by atomic mass is 9.83. The van der Waals surface area contributed by atoms with Gasteiger partial charge in [0.1, 0.15) is 18.1 Å². The Morgan fingerprint density at radius 2 is 1.24 bits per heavy atom. The fourth-order valence-corrected chi connectivity index (χ4v) is 7.78. The molecule has 0 aromatic carbocycles. The molecular weight excluding hydrogens is 821 g/mol. The summed E-state index contributed by atoms with van der Waals surface area (Å²) in [5, 5.41) is 107. The van der Waals surface area contributed by atoms with E-state index in [1.165, 1.54) is 0 Å². The summed E-state index contributed by atoms with van der Waals surface area (Å²) in [4.78, 5) is 25.0. The summed E-state index contributed by atoms with van der Waals surface area (Å²) in [6.45, 7) is 6.89. The van der Waals surface area contributed by atoms with E-state index in [9.17, 15) is 60.7 Å². The van der Waals surface area contributed by atoms with Crippen LogP contribution in [0.3, 0.4) is 0 Å². The molecule has 0 aromatic heterocycles. The number of aliphatic hydroxyl groups excluding tert-OH is 8. The van der Waals surface area contributed by atoms with Crippen molar-refractivity contribution in [3.63, 3.8) is 0 Å². The molecule has 356 valence electrons. The van der Waals surface area contributed by atoms with E-state index in [2.05, 4.69) is 0 Å². The molecule has 0 saturated carbocycles. The minimum Gasteiger partial charge on any atom is -0.481 e. The number of carboxylic acid groups (broad SMARTS) is 1. The molecule has 0 spiro atoms. The second-order valence-electron chi connectivity index (χ2n) is 17.2. The Labute approximate surface area is 370 Å². The average molecular weight is 893 g/mol. The molecule has 17 atom stereocenters. The van der Waals surface area contributed by atoms with Crippen molar-refractivity contribution < 1.29 is 79.6 Å². The van der Waals surface area contributed by atoms with Crippen LogP contribution in [0.25, 0.3) is 0 Å². The van der Waals surface area contributed by atoms with Gasteiger partial charge in [0.05, 0.1) is 67.5 Å². The number of hydrogen-bond donors (Lipinski definition) is 10. The third-order valence-corrected chi connectivity index (χ3v) is 11.8. The van der Waals surface area contributed by atoms with E-state index in [1.54, 1.807) is 63.3 Å². The fourth-order valence-electron chi connectivity index (χ4n) is 7.78. The van der Waals surface area contributed by atoms with Gasteiger partial charge in [0.15, 0.2) is 12.1 Å². The smallest absolute Gasteiger partial charge is 0.311 e. The van der Waals surface area contributed by atoms with Crippen LogP contribution >= 0.6 is 0 Å². The molecule has 0 aliphatic carbocycles. The predicted octanol–water partition coefficient (Wildman–Crippen LogP) is 2.80. The fraction of sp³-hybridized carbons (Fsp3) is 0.660. The van der Waals surface area contributed by atoms with Crippen LogP contribution in [-0.4, -0.2) is 148 Å². The van der Waals surface area contributed by atoms with Gasteiger partial charge < -0.3 is 70.0 Å². The molecule has 3 aliphatic rings. The van der Waals surface area contributed by atoms with Gasteiger partial charge in [-0.25, -0.2) is 0 Å². The molecule has 2 bridgehead atoms. The minimum absolute atomic E-state index is 0.0119. The molecule has 10 N–H and O–H groups in total. The highest BCUT2D eigenvalue weighted by Gasteiger charge is 2.49. The van der Waals surface area contributed by atoms with Crippen LogP contribution in [0.15, 0.2) is 85.1 Å². The number of esters is 1. The molecule has 3 heterocycles. The molecule has 2 saturated heterocycles. The molecule has 0 amide bonds. The van der Waals surface area contributed by atoms with E-state index in [1.807, 2.05) is 49.5 Å². The summed E-state index contributed by atoms with van der Waals surface area (Å²) in [6.07, 6.45) is 9.18. The Hall–Kier alpha value is -3.36. The quantitative estimate of drug-likeness (QED) is 0.183. The first-order chi connectivity index (χ1) is 29.8. The largest absolute Gasteiger partial charge is 0.481 e. The zero-order valence-electron chi connectivity index (χ0n) is 36.8. The summed E-state index contributed by atoms with van der Waals surface area (Å²) in [6, 6.07) is 0. The summed E-state index contributed by atoms with van der Waals surface area (Å²) < 4.78 is 23.3. The van der Waals surface area contributed by atoms with Crippen molar-refractivity contribution in [2.45, 2.75) is 177 Å². The van der Waals surface area contributed by atoms with Crippen molar-refractivity contribution in [2.24, 2.45) is 17.8 Å². The Kier molecular flexibility index (Phi) is 23.3. The molecule has 2 fully saturated rings. The second kappa shape index (κ2) is 27.2. The number of allylic oxidation sites excluding steroid dienone is 12. The molecule has 0 aromatic rings. The van der Waals surface area contributed by atoms with Gasteiger partial charge in [0.2, 0.25) is 0 Å². The van der Waals surface area contributed by atoms with Crippen LogP contribution in [0.1, 0.15) is 91.9 Å².